The Bertz CT molecular complexity index is 1040. The van der Waals surface area contributed by atoms with E-state index in [0.29, 0.717) is 6.04 Å². The van der Waals surface area contributed by atoms with Crippen LogP contribution in [0.3, 0.4) is 0 Å². The van der Waals surface area contributed by atoms with Gasteiger partial charge in [-0.25, -0.2) is 9.97 Å². The molecule has 0 bridgehead atoms. The highest BCUT2D eigenvalue weighted by atomic mass is 15.1. The average Bonchev–Trinajstić information content (AvgIpc) is 3.15. The van der Waals surface area contributed by atoms with Gasteiger partial charge in [-0.2, -0.15) is 0 Å². The lowest BCUT2D eigenvalue weighted by atomic mass is 10.1. The first kappa shape index (κ1) is 15.8. The van der Waals surface area contributed by atoms with Gasteiger partial charge in [0, 0.05) is 40.9 Å². The number of nitrogens with zero attached hydrogens (tertiary/aromatic N) is 3. The van der Waals surface area contributed by atoms with Crippen molar-refractivity contribution < 1.29 is 0 Å². The zero-order valence-corrected chi connectivity index (χ0v) is 15.1. The molecule has 0 aliphatic heterocycles. The second kappa shape index (κ2) is 6.01. The van der Waals surface area contributed by atoms with Crippen molar-refractivity contribution in [2.24, 2.45) is 0 Å². The molecule has 5 nitrogen and oxygen atoms in total. The molecule has 0 saturated heterocycles. The molecule has 0 radical (unpaired) electrons. The Kier molecular flexibility index (Phi) is 3.81. The van der Waals surface area contributed by atoms with Gasteiger partial charge in [-0.05, 0) is 57.6 Å². The van der Waals surface area contributed by atoms with Crippen LogP contribution in [0.4, 0.5) is 0 Å². The molecule has 3 aromatic heterocycles. The third-order valence-corrected chi connectivity index (χ3v) is 4.79. The predicted octanol–water partition coefficient (Wildman–Crippen LogP) is 4.25. The Morgan fingerprint density at radius 2 is 1.96 bits per heavy atom. The molecule has 0 aliphatic rings. The van der Waals surface area contributed by atoms with Crippen molar-refractivity contribution in [1.29, 1.82) is 0 Å². The zero-order valence-electron chi connectivity index (χ0n) is 15.1. The van der Waals surface area contributed by atoms with E-state index in [4.69, 9.17) is 0 Å². The summed E-state index contributed by atoms with van der Waals surface area (Å²) in [6, 6.07) is 11.4. The van der Waals surface area contributed by atoms with Crippen molar-refractivity contribution in [1.82, 2.24) is 24.8 Å². The van der Waals surface area contributed by atoms with E-state index in [-0.39, 0.29) is 0 Å². The third kappa shape index (κ3) is 2.91. The first-order valence-electron chi connectivity index (χ1n) is 8.65. The molecule has 0 unspecified atom stereocenters. The van der Waals surface area contributed by atoms with Gasteiger partial charge in [0.05, 0.1) is 0 Å². The second-order valence-corrected chi connectivity index (χ2v) is 6.99. The number of benzene rings is 1. The average molecular weight is 333 g/mol. The van der Waals surface area contributed by atoms with E-state index in [1.807, 2.05) is 19.2 Å². The van der Waals surface area contributed by atoms with E-state index in [2.05, 4.69) is 70.0 Å². The van der Waals surface area contributed by atoms with Crippen molar-refractivity contribution in [3.63, 3.8) is 0 Å². The quantitative estimate of drug-likeness (QED) is 0.587. The smallest absolute Gasteiger partial charge is 0.158 e. The van der Waals surface area contributed by atoms with Crippen LogP contribution in [0.1, 0.15) is 25.2 Å². The molecule has 0 spiro atoms. The SMILES string of the molecule is Cc1nc2c(-c3cc4cc(CN(C)C(C)C)ccc4[nH]3)ccnc2[nH]1. The number of aromatic nitrogens is 4. The van der Waals surface area contributed by atoms with E-state index in [1.54, 1.807) is 0 Å². The lowest BCUT2D eigenvalue weighted by Crippen LogP contribution is -2.25. The molecule has 2 N–H and O–H groups in total. The fourth-order valence-corrected chi connectivity index (χ4v) is 3.14. The number of hydrogen-bond acceptors (Lipinski definition) is 3. The first-order valence-corrected chi connectivity index (χ1v) is 8.65. The summed E-state index contributed by atoms with van der Waals surface area (Å²) in [6.45, 7) is 7.33. The molecule has 128 valence electrons. The van der Waals surface area contributed by atoms with Gasteiger partial charge in [0.1, 0.15) is 11.3 Å². The molecule has 0 atom stereocenters. The summed E-state index contributed by atoms with van der Waals surface area (Å²) in [5.41, 5.74) is 6.35. The molecule has 1 aromatic carbocycles. The minimum absolute atomic E-state index is 0.533. The van der Waals surface area contributed by atoms with Gasteiger partial charge in [-0.3, -0.25) is 4.90 Å². The Hall–Kier alpha value is -2.66. The topological polar surface area (TPSA) is 60.6 Å². The van der Waals surface area contributed by atoms with Gasteiger partial charge in [-0.15, -0.1) is 0 Å². The van der Waals surface area contributed by atoms with E-state index < -0.39 is 0 Å². The number of aromatic amines is 2. The van der Waals surface area contributed by atoms with Gasteiger partial charge in [0.2, 0.25) is 0 Å². The van der Waals surface area contributed by atoms with Crippen LogP contribution in [0.2, 0.25) is 0 Å². The van der Waals surface area contributed by atoms with E-state index in [9.17, 15) is 0 Å². The largest absolute Gasteiger partial charge is 0.354 e. The summed E-state index contributed by atoms with van der Waals surface area (Å²) < 4.78 is 0. The Morgan fingerprint density at radius 3 is 2.76 bits per heavy atom. The fourth-order valence-electron chi connectivity index (χ4n) is 3.14. The third-order valence-electron chi connectivity index (χ3n) is 4.79. The lowest BCUT2D eigenvalue weighted by Gasteiger charge is -2.20. The van der Waals surface area contributed by atoms with Crippen LogP contribution in [-0.4, -0.2) is 37.9 Å². The number of H-pyrrole nitrogens is 2. The number of pyridine rings is 1. The summed E-state index contributed by atoms with van der Waals surface area (Å²) in [5.74, 6) is 0.880. The second-order valence-electron chi connectivity index (χ2n) is 6.99. The van der Waals surface area contributed by atoms with Crippen LogP contribution in [-0.2, 0) is 6.54 Å². The minimum atomic E-state index is 0.533. The highest BCUT2D eigenvalue weighted by Crippen LogP contribution is 2.29. The molecular weight excluding hydrogens is 310 g/mol. The molecule has 25 heavy (non-hydrogen) atoms. The standard InChI is InChI=1S/C20H23N5/c1-12(2)25(4)11-14-5-6-17-15(9-14)10-18(24-17)16-7-8-21-20-19(16)22-13(3)23-20/h5-10,12,24H,11H2,1-4H3,(H,21,22,23). The number of fused-ring (bicyclic) bond motifs is 2. The zero-order chi connectivity index (χ0) is 17.6. The van der Waals surface area contributed by atoms with Crippen LogP contribution in [0.15, 0.2) is 36.5 Å². The summed E-state index contributed by atoms with van der Waals surface area (Å²) in [7, 11) is 2.16. The number of imidazole rings is 1. The maximum atomic E-state index is 4.59. The molecule has 0 aliphatic carbocycles. The maximum absolute atomic E-state index is 4.59. The van der Waals surface area contributed by atoms with E-state index in [0.717, 1.165) is 40.3 Å². The molecule has 5 heteroatoms. The molecule has 4 aromatic rings. The fraction of sp³-hybridized carbons (Fsp3) is 0.300. The van der Waals surface area contributed by atoms with Crippen molar-refractivity contribution in [2.75, 3.05) is 7.05 Å². The normalized spacial score (nSPS) is 12.1. The predicted molar refractivity (Wildman–Crippen MR) is 103 cm³/mol. The van der Waals surface area contributed by atoms with E-state index >= 15 is 0 Å². The minimum Gasteiger partial charge on any atom is -0.354 e. The Labute approximate surface area is 147 Å². The summed E-state index contributed by atoms with van der Waals surface area (Å²) in [6.07, 6.45) is 1.82. The highest BCUT2D eigenvalue weighted by molar-refractivity contribution is 5.94. The highest BCUT2D eigenvalue weighted by Gasteiger charge is 2.12. The van der Waals surface area contributed by atoms with Crippen molar-refractivity contribution in [3.05, 3.63) is 47.9 Å². The van der Waals surface area contributed by atoms with Crippen LogP contribution in [0.5, 0.6) is 0 Å². The van der Waals surface area contributed by atoms with Gasteiger partial charge >= 0.3 is 0 Å². The summed E-state index contributed by atoms with van der Waals surface area (Å²) >= 11 is 0. The van der Waals surface area contributed by atoms with Crippen LogP contribution in [0, 0.1) is 6.92 Å². The van der Waals surface area contributed by atoms with Crippen LogP contribution in [0.25, 0.3) is 33.3 Å². The van der Waals surface area contributed by atoms with Crippen molar-refractivity contribution >= 4 is 22.1 Å². The van der Waals surface area contributed by atoms with Crippen LogP contribution < -0.4 is 0 Å². The summed E-state index contributed by atoms with van der Waals surface area (Å²) in [4.78, 5) is 18.0. The monoisotopic (exact) mass is 333 g/mol. The molecule has 4 rings (SSSR count). The molecular formula is C20H23N5. The van der Waals surface area contributed by atoms with Crippen molar-refractivity contribution in [2.45, 2.75) is 33.4 Å². The molecule has 0 saturated carbocycles. The number of hydrogen-bond donors (Lipinski definition) is 2. The number of nitrogens with one attached hydrogen (secondary N) is 2. The van der Waals surface area contributed by atoms with Gasteiger partial charge in [-0.1, -0.05) is 6.07 Å². The molecule has 3 heterocycles. The Morgan fingerprint density at radius 1 is 1.12 bits per heavy atom. The van der Waals surface area contributed by atoms with E-state index in [1.165, 1.54) is 10.9 Å². The lowest BCUT2D eigenvalue weighted by molar-refractivity contribution is 0.266. The van der Waals surface area contributed by atoms with Gasteiger partial charge < -0.3 is 9.97 Å². The molecule has 0 amide bonds. The number of aryl methyl sites for hydroxylation is 1. The maximum Gasteiger partial charge on any atom is 0.158 e. The summed E-state index contributed by atoms with van der Waals surface area (Å²) in [5, 5.41) is 1.22. The first-order chi connectivity index (χ1) is 12.0. The Balaban J connectivity index is 1.76. The van der Waals surface area contributed by atoms with Gasteiger partial charge in [0.15, 0.2) is 5.65 Å². The molecule has 0 fully saturated rings. The van der Waals surface area contributed by atoms with Crippen LogP contribution >= 0.6 is 0 Å². The van der Waals surface area contributed by atoms with Gasteiger partial charge in [0.25, 0.3) is 0 Å². The number of rotatable bonds is 4. The van der Waals surface area contributed by atoms with Crippen molar-refractivity contribution in [3.8, 4) is 11.3 Å².